The number of esters is 1. The van der Waals surface area contributed by atoms with Gasteiger partial charge in [-0.3, -0.25) is 5.32 Å². The zero-order valence-electron chi connectivity index (χ0n) is 7.64. The maximum absolute atomic E-state index is 11.4. The third-order valence-corrected chi connectivity index (χ3v) is 2.42. The third-order valence-electron chi connectivity index (χ3n) is 2.42. The summed E-state index contributed by atoms with van der Waals surface area (Å²) < 4.78 is 4.74. The average molecular weight is 169 g/mol. The van der Waals surface area contributed by atoms with Gasteiger partial charge in [0.1, 0.15) is 5.54 Å². The Bertz CT molecular complexity index is 205. The SMILES string of the molecule is C=C(C)[C@]1(C(=O)OC)CCCN1. The maximum Gasteiger partial charge on any atom is 0.330 e. The Morgan fingerprint density at radius 1 is 1.67 bits per heavy atom. The first-order chi connectivity index (χ1) is 5.63. The Balaban J connectivity index is 2.86. The quantitative estimate of drug-likeness (QED) is 0.492. The van der Waals surface area contributed by atoms with E-state index in [2.05, 4.69) is 11.9 Å². The lowest BCUT2D eigenvalue weighted by atomic mass is 9.90. The van der Waals surface area contributed by atoms with Gasteiger partial charge in [-0.1, -0.05) is 6.58 Å². The molecule has 1 N–H and O–H groups in total. The van der Waals surface area contributed by atoms with E-state index in [0.29, 0.717) is 0 Å². The molecule has 0 aromatic heterocycles. The molecule has 68 valence electrons. The number of rotatable bonds is 2. The zero-order valence-corrected chi connectivity index (χ0v) is 7.64. The molecule has 0 bridgehead atoms. The van der Waals surface area contributed by atoms with Crippen LogP contribution in [0.3, 0.4) is 0 Å². The van der Waals surface area contributed by atoms with Crippen LogP contribution in [-0.4, -0.2) is 25.2 Å². The molecule has 0 spiro atoms. The van der Waals surface area contributed by atoms with Crippen LogP contribution in [0.25, 0.3) is 0 Å². The number of nitrogens with one attached hydrogen (secondary N) is 1. The molecule has 0 aromatic carbocycles. The summed E-state index contributed by atoms with van der Waals surface area (Å²) in [4.78, 5) is 11.4. The summed E-state index contributed by atoms with van der Waals surface area (Å²) in [5.74, 6) is -0.215. The summed E-state index contributed by atoms with van der Waals surface area (Å²) in [6.45, 7) is 6.53. The number of ether oxygens (including phenoxy) is 1. The average Bonchev–Trinajstić information content (AvgIpc) is 2.52. The van der Waals surface area contributed by atoms with Gasteiger partial charge in [-0.15, -0.1) is 0 Å². The largest absolute Gasteiger partial charge is 0.467 e. The first kappa shape index (κ1) is 9.26. The van der Waals surface area contributed by atoms with Gasteiger partial charge in [-0.25, -0.2) is 4.79 Å². The summed E-state index contributed by atoms with van der Waals surface area (Å²) >= 11 is 0. The van der Waals surface area contributed by atoms with E-state index in [1.807, 2.05) is 6.92 Å². The van der Waals surface area contributed by atoms with Crippen LogP contribution in [0.1, 0.15) is 19.8 Å². The number of carbonyl (C=O) groups is 1. The molecule has 0 amide bonds. The number of methoxy groups -OCH3 is 1. The molecule has 1 aliphatic heterocycles. The molecule has 3 nitrogen and oxygen atoms in total. The number of hydrogen-bond acceptors (Lipinski definition) is 3. The molecule has 1 aliphatic rings. The molecule has 0 aromatic rings. The van der Waals surface area contributed by atoms with Crippen molar-refractivity contribution in [1.82, 2.24) is 5.32 Å². The Labute approximate surface area is 72.8 Å². The van der Waals surface area contributed by atoms with Gasteiger partial charge in [0.05, 0.1) is 7.11 Å². The van der Waals surface area contributed by atoms with Gasteiger partial charge in [-0.05, 0) is 31.9 Å². The topological polar surface area (TPSA) is 38.3 Å². The van der Waals surface area contributed by atoms with Crippen molar-refractivity contribution in [2.24, 2.45) is 0 Å². The van der Waals surface area contributed by atoms with Crippen molar-refractivity contribution in [2.45, 2.75) is 25.3 Å². The van der Waals surface area contributed by atoms with Gasteiger partial charge in [0.25, 0.3) is 0 Å². The Morgan fingerprint density at radius 2 is 2.33 bits per heavy atom. The minimum Gasteiger partial charge on any atom is -0.467 e. The van der Waals surface area contributed by atoms with Crippen LogP contribution in [-0.2, 0) is 9.53 Å². The van der Waals surface area contributed by atoms with Crippen LogP contribution in [0.5, 0.6) is 0 Å². The Hall–Kier alpha value is -0.830. The van der Waals surface area contributed by atoms with Crippen molar-refractivity contribution < 1.29 is 9.53 Å². The molecular weight excluding hydrogens is 154 g/mol. The first-order valence-corrected chi connectivity index (χ1v) is 4.13. The van der Waals surface area contributed by atoms with Gasteiger partial charge in [0.2, 0.25) is 0 Å². The molecule has 0 aliphatic carbocycles. The van der Waals surface area contributed by atoms with Crippen molar-refractivity contribution in [3.63, 3.8) is 0 Å². The number of carbonyl (C=O) groups excluding carboxylic acids is 1. The maximum atomic E-state index is 11.4. The van der Waals surface area contributed by atoms with Gasteiger partial charge in [-0.2, -0.15) is 0 Å². The normalized spacial score (nSPS) is 28.5. The van der Waals surface area contributed by atoms with Gasteiger partial charge < -0.3 is 4.74 Å². The molecule has 1 fully saturated rings. The lowest BCUT2D eigenvalue weighted by Crippen LogP contribution is -2.49. The van der Waals surface area contributed by atoms with Crippen LogP contribution >= 0.6 is 0 Å². The van der Waals surface area contributed by atoms with Crippen molar-refractivity contribution in [1.29, 1.82) is 0 Å². The molecule has 3 heteroatoms. The monoisotopic (exact) mass is 169 g/mol. The molecule has 1 saturated heterocycles. The van der Waals surface area contributed by atoms with Crippen LogP contribution in [0, 0.1) is 0 Å². The van der Waals surface area contributed by atoms with E-state index in [9.17, 15) is 4.79 Å². The molecule has 0 radical (unpaired) electrons. The fourth-order valence-corrected chi connectivity index (χ4v) is 1.63. The van der Waals surface area contributed by atoms with Crippen molar-refractivity contribution >= 4 is 5.97 Å². The highest BCUT2D eigenvalue weighted by Crippen LogP contribution is 2.27. The van der Waals surface area contributed by atoms with Crippen molar-refractivity contribution in [3.05, 3.63) is 12.2 Å². The fraction of sp³-hybridized carbons (Fsp3) is 0.667. The van der Waals surface area contributed by atoms with Gasteiger partial charge in [0, 0.05) is 0 Å². The second kappa shape index (κ2) is 3.27. The fourth-order valence-electron chi connectivity index (χ4n) is 1.63. The highest BCUT2D eigenvalue weighted by atomic mass is 16.5. The van der Waals surface area contributed by atoms with Crippen molar-refractivity contribution in [2.75, 3.05) is 13.7 Å². The predicted octanol–water partition coefficient (Wildman–Crippen LogP) is 0.858. The molecule has 0 unspecified atom stereocenters. The summed E-state index contributed by atoms with van der Waals surface area (Å²) in [5, 5.41) is 3.15. The predicted molar refractivity (Wildman–Crippen MR) is 46.8 cm³/mol. The third kappa shape index (κ3) is 1.25. The van der Waals surface area contributed by atoms with E-state index >= 15 is 0 Å². The molecule has 1 rings (SSSR count). The van der Waals surface area contributed by atoms with E-state index in [1.165, 1.54) is 7.11 Å². The van der Waals surface area contributed by atoms with Crippen LogP contribution < -0.4 is 5.32 Å². The molecule has 1 heterocycles. The summed E-state index contributed by atoms with van der Waals surface area (Å²) in [6, 6.07) is 0. The van der Waals surface area contributed by atoms with Gasteiger partial charge in [0.15, 0.2) is 0 Å². The van der Waals surface area contributed by atoms with Crippen molar-refractivity contribution in [3.8, 4) is 0 Å². The minimum atomic E-state index is -0.602. The Morgan fingerprint density at radius 3 is 2.67 bits per heavy atom. The summed E-state index contributed by atoms with van der Waals surface area (Å²) in [7, 11) is 1.41. The lowest BCUT2D eigenvalue weighted by molar-refractivity contribution is -0.146. The summed E-state index contributed by atoms with van der Waals surface area (Å²) in [6.07, 6.45) is 1.80. The highest BCUT2D eigenvalue weighted by molar-refractivity contribution is 5.85. The standard InChI is InChI=1S/C9H15NO2/c1-7(2)9(8(11)12-3)5-4-6-10-9/h10H,1,4-6H2,2-3H3/t9-/m0/s1. The van der Waals surface area contributed by atoms with Crippen LogP contribution in [0.15, 0.2) is 12.2 Å². The first-order valence-electron chi connectivity index (χ1n) is 4.13. The van der Waals surface area contributed by atoms with Crippen LogP contribution in [0.2, 0.25) is 0 Å². The second-order valence-corrected chi connectivity index (χ2v) is 3.21. The zero-order chi connectivity index (χ0) is 9.19. The van der Waals surface area contributed by atoms with E-state index in [0.717, 1.165) is 25.0 Å². The summed E-state index contributed by atoms with van der Waals surface area (Å²) in [5.41, 5.74) is 0.237. The Kier molecular flexibility index (Phi) is 2.52. The molecule has 12 heavy (non-hydrogen) atoms. The van der Waals surface area contributed by atoms with E-state index < -0.39 is 5.54 Å². The molecular formula is C9H15NO2. The highest BCUT2D eigenvalue weighted by Gasteiger charge is 2.42. The second-order valence-electron chi connectivity index (χ2n) is 3.21. The molecule has 0 saturated carbocycles. The van der Waals surface area contributed by atoms with Crippen LogP contribution in [0.4, 0.5) is 0 Å². The van der Waals surface area contributed by atoms with E-state index in [1.54, 1.807) is 0 Å². The number of hydrogen-bond donors (Lipinski definition) is 1. The van der Waals surface area contributed by atoms with E-state index in [4.69, 9.17) is 4.74 Å². The lowest BCUT2D eigenvalue weighted by Gasteiger charge is -2.26. The van der Waals surface area contributed by atoms with E-state index in [-0.39, 0.29) is 5.97 Å². The van der Waals surface area contributed by atoms with Gasteiger partial charge >= 0.3 is 5.97 Å². The molecule has 1 atom stereocenters. The minimum absolute atomic E-state index is 0.215. The smallest absolute Gasteiger partial charge is 0.330 e.